The molecule has 0 aliphatic rings. The van der Waals surface area contributed by atoms with Gasteiger partial charge >= 0.3 is 0 Å². The highest BCUT2D eigenvalue weighted by molar-refractivity contribution is 7.89. The van der Waals surface area contributed by atoms with Crippen molar-refractivity contribution in [3.8, 4) is 11.3 Å². The van der Waals surface area contributed by atoms with Crippen LogP contribution in [0.15, 0.2) is 78.4 Å². The minimum Gasteiger partial charge on any atom is -0.374 e. The van der Waals surface area contributed by atoms with Gasteiger partial charge in [-0.05, 0) is 17.2 Å². The van der Waals surface area contributed by atoms with Crippen molar-refractivity contribution < 1.29 is 22.7 Å². The molecule has 2 heterocycles. The van der Waals surface area contributed by atoms with Crippen LogP contribution in [0.4, 0.5) is 10.8 Å². The zero-order chi connectivity index (χ0) is 27.1. The fraction of sp³-hybridized carbons (Fsp3) is 0.192. The number of hydrogen-bond acceptors (Lipinski definition) is 8. The first-order valence-corrected chi connectivity index (χ1v) is 14.3. The van der Waals surface area contributed by atoms with Crippen molar-refractivity contribution in [1.29, 1.82) is 0 Å². The van der Waals surface area contributed by atoms with Crippen LogP contribution in [0.2, 0.25) is 0 Å². The number of carbonyl (C=O) groups is 2. The van der Waals surface area contributed by atoms with Gasteiger partial charge in [0.25, 0.3) is 5.91 Å². The van der Waals surface area contributed by atoms with Crippen LogP contribution >= 0.6 is 11.3 Å². The maximum absolute atomic E-state index is 13.4. The Hall–Kier alpha value is -3.84. The number of nitrogens with two attached hydrogens (primary N) is 1. The molecular formula is C26H27N5O5S2. The fourth-order valence-electron chi connectivity index (χ4n) is 3.64. The number of hydrogen-bond donors (Lipinski definition) is 2. The van der Waals surface area contributed by atoms with Crippen LogP contribution in [0.3, 0.4) is 0 Å². The third-order valence-corrected chi connectivity index (χ3v) is 7.44. The highest BCUT2D eigenvalue weighted by atomic mass is 32.2. The van der Waals surface area contributed by atoms with E-state index in [-0.39, 0.29) is 18.9 Å². The molecule has 0 aliphatic heterocycles. The van der Waals surface area contributed by atoms with Gasteiger partial charge in [0.15, 0.2) is 5.13 Å². The molecule has 0 fully saturated rings. The first-order chi connectivity index (χ1) is 18.3. The number of benzene rings is 2. The summed E-state index contributed by atoms with van der Waals surface area (Å²) >= 11 is 1.25. The predicted molar refractivity (Wildman–Crippen MR) is 147 cm³/mol. The van der Waals surface area contributed by atoms with Gasteiger partial charge in [-0.15, -0.1) is 11.3 Å². The van der Waals surface area contributed by atoms with Gasteiger partial charge < -0.3 is 15.8 Å². The van der Waals surface area contributed by atoms with E-state index in [2.05, 4.69) is 10.3 Å². The Morgan fingerprint density at radius 1 is 1.16 bits per heavy atom. The molecule has 4 rings (SSSR count). The van der Waals surface area contributed by atoms with Crippen LogP contribution in [-0.4, -0.2) is 48.6 Å². The summed E-state index contributed by atoms with van der Waals surface area (Å²) in [5.74, 6) is -0.531. The third kappa shape index (κ3) is 6.72. The molecule has 0 bridgehead atoms. The number of amides is 2. The number of rotatable bonds is 12. The Balaban J connectivity index is 1.54. The van der Waals surface area contributed by atoms with E-state index in [1.165, 1.54) is 29.8 Å². The lowest BCUT2D eigenvalue weighted by Crippen LogP contribution is -2.46. The second kappa shape index (κ2) is 12.1. The average Bonchev–Trinajstić information content (AvgIpc) is 3.59. The summed E-state index contributed by atoms with van der Waals surface area (Å²) in [5.41, 5.74) is 9.33. The monoisotopic (exact) mass is 553 g/mol. The highest BCUT2D eigenvalue weighted by Crippen LogP contribution is 2.25. The molecule has 10 nitrogen and oxygen atoms in total. The van der Waals surface area contributed by atoms with Gasteiger partial charge in [-0.3, -0.25) is 18.5 Å². The number of anilines is 2. The number of carbonyl (C=O) groups excluding carboxylic acids is 2. The lowest BCUT2D eigenvalue weighted by Gasteiger charge is -2.26. The van der Waals surface area contributed by atoms with Crippen LogP contribution in [0.25, 0.3) is 11.3 Å². The van der Waals surface area contributed by atoms with Crippen LogP contribution < -0.4 is 16.0 Å². The zero-order valence-corrected chi connectivity index (χ0v) is 22.2. The standard InChI is InChI=1S/C26H27N5O5S2/c1-38(34,35)30-12-11-22(14-30)31(18-32)24(16-36-15-20-9-7-19(13-27)8-10-20)25(33)29-26-28-23(17-37-26)21-5-3-2-4-6-21/h2-12,14,17-18,24H,13,15-16,27H2,1H3,(H,28,29,33)/t24-/m0/s1. The molecule has 0 unspecified atom stereocenters. The van der Waals surface area contributed by atoms with Crippen molar-refractivity contribution in [2.75, 3.05) is 23.1 Å². The molecule has 4 aromatic rings. The molecule has 3 N–H and O–H groups in total. The Labute approximate surface area is 224 Å². The lowest BCUT2D eigenvalue weighted by molar-refractivity contribution is -0.121. The summed E-state index contributed by atoms with van der Waals surface area (Å²) in [5, 5.41) is 4.95. The molecule has 1 atom stereocenters. The van der Waals surface area contributed by atoms with E-state index in [9.17, 15) is 18.0 Å². The number of aromatic nitrogens is 2. The van der Waals surface area contributed by atoms with Crippen molar-refractivity contribution >= 4 is 44.5 Å². The van der Waals surface area contributed by atoms with Crippen molar-refractivity contribution in [1.82, 2.24) is 8.96 Å². The Kier molecular flexibility index (Phi) is 8.69. The van der Waals surface area contributed by atoms with Crippen molar-refractivity contribution in [3.63, 3.8) is 0 Å². The summed E-state index contributed by atoms with van der Waals surface area (Å²) in [6.45, 7) is 0.471. The van der Waals surface area contributed by atoms with Crippen LogP contribution in [0.1, 0.15) is 11.1 Å². The quantitative estimate of drug-likeness (QED) is 0.257. The summed E-state index contributed by atoms with van der Waals surface area (Å²) < 4.78 is 30.7. The molecule has 0 saturated carbocycles. The summed E-state index contributed by atoms with van der Waals surface area (Å²) in [7, 11) is -3.58. The summed E-state index contributed by atoms with van der Waals surface area (Å²) in [4.78, 5) is 31.2. The van der Waals surface area contributed by atoms with Gasteiger partial charge in [0.1, 0.15) is 6.04 Å². The molecule has 0 spiro atoms. The fourth-order valence-corrected chi connectivity index (χ4v) is 4.95. The molecule has 2 amide bonds. The van der Waals surface area contributed by atoms with Crippen LogP contribution in [0, 0.1) is 0 Å². The number of ether oxygens (including phenoxy) is 1. The maximum atomic E-state index is 13.4. The zero-order valence-electron chi connectivity index (χ0n) is 20.6. The van der Waals surface area contributed by atoms with E-state index < -0.39 is 22.0 Å². The molecule has 0 aliphatic carbocycles. The molecular weight excluding hydrogens is 526 g/mol. The SMILES string of the molecule is CS(=O)(=O)n1ccc(N(C=O)[C@@H](COCc2ccc(CN)cc2)C(=O)Nc2nc(-c3ccccc3)cs2)c1. The van der Waals surface area contributed by atoms with Crippen LogP contribution in [-0.2, 0) is 37.5 Å². The van der Waals surface area contributed by atoms with Crippen molar-refractivity contribution in [3.05, 3.63) is 89.6 Å². The highest BCUT2D eigenvalue weighted by Gasteiger charge is 2.29. The minimum atomic E-state index is -3.58. The van der Waals surface area contributed by atoms with Gasteiger partial charge in [0.05, 0.1) is 30.9 Å². The number of nitrogens with one attached hydrogen (secondary N) is 1. The van der Waals surface area contributed by atoms with Gasteiger partial charge in [-0.1, -0.05) is 54.6 Å². The summed E-state index contributed by atoms with van der Waals surface area (Å²) in [6, 6.07) is 17.4. The van der Waals surface area contributed by atoms with E-state index in [1.807, 2.05) is 60.0 Å². The third-order valence-electron chi connectivity index (χ3n) is 5.69. The molecule has 0 radical (unpaired) electrons. The smallest absolute Gasteiger partial charge is 0.251 e. The minimum absolute atomic E-state index is 0.149. The lowest BCUT2D eigenvalue weighted by atomic mass is 10.1. The normalized spacial score (nSPS) is 12.2. The molecule has 12 heteroatoms. The van der Waals surface area contributed by atoms with Gasteiger partial charge in [0.2, 0.25) is 16.4 Å². The first-order valence-electron chi connectivity index (χ1n) is 11.6. The average molecular weight is 554 g/mol. The summed E-state index contributed by atoms with van der Waals surface area (Å²) in [6.07, 6.45) is 4.09. The largest absolute Gasteiger partial charge is 0.374 e. The Morgan fingerprint density at radius 2 is 1.87 bits per heavy atom. The molecule has 0 saturated heterocycles. The molecule has 2 aromatic carbocycles. The second-order valence-corrected chi connectivity index (χ2v) is 11.2. The Morgan fingerprint density at radius 3 is 2.50 bits per heavy atom. The first kappa shape index (κ1) is 27.2. The van der Waals surface area contributed by atoms with Gasteiger partial charge in [0, 0.05) is 29.9 Å². The number of thiazole rings is 1. The van der Waals surface area contributed by atoms with E-state index in [0.717, 1.165) is 31.8 Å². The van der Waals surface area contributed by atoms with Crippen molar-refractivity contribution in [2.24, 2.45) is 5.73 Å². The van der Waals surface area contributed by atoms with E-state index in [1.54, 1.807) is 0 Å². The van der Waals surface area contributed by atoms with E-state index in [0.29, 0.717) is 23.8 Å². The molecule has 38 heavy (non-hydrogen) atoms. The van der Waals surface area contributed by atoms with E-state index >= 15 is 0 Å². The maximum Gasteiger partial charge on any atom is 0.251 e. The molecule has 198 valence electrons. The van der Waals surface area contributed by atoms with Gasteiger partial charge in [-0.25, -0.2) is 13.4 Å². The number of nitrogens with zero attached hydrogens (tertiary/aromatic N) is 3. The van der Waals surface area contributed by atoms with E-state index in [4.69, 9.17) is 10.5 Å². The molecule has 2 aromatic heterocycles. The van der Waals surface area contributed by atoms with Crippen molar-refractivity contribution in [2.45, 2.75) is 19.2 Å². The van der Waals surface area contributed by atoms with Gasteiger partial charge in [-0.2, -0.15) is 0 Å². The Bertz CT molecular complexity index is 1480. The second-order valence-electron chi connectivity index (χ2n) is 8.42. The van der Waals surface area contributed by atoms with Crippen LogP contribution in [0.5, 0.6) is 0 Å². The topological polar surface area (TPSA) is 137 Å². The predicted octanol–water partition coefficient (Wildman–Crippen LogP) is 3.06.